The van der Waals surface area contributed by atoms with Gasteiger partial charge in [0, 0.05) is 19.2 Å². The van der Waals surface area contributed by atoms with Crippen LogP contribution in [-0.2, 0) is 20.4 Å². The number of hydrogen-bond donors (Lipinski definition) is 1. The van der Waals surface area contributed by atoms with Crippen LogP contribution in [0.2, 0.25) is 0 Å². The highest BCUT2D eigenvalue weighted by molar-refractivity contribution is 7.89. The average Bonchev–Trinajstić information content (AvgIpc) is 2.65. The Morgan fingerprint density at radius 1 is 1.12 bits per heavy atom. The molecule has 0 aliphatic rings. The number of benzene rings is 2. The molecule has 142 valence electrons. The van der Waals surface area contributed by atoms with Gasteiger partial charge in [-0.1, -0.05) is 25.1 Å². The standard InChI is InChI=1S/C19H24FNO4S/c1-4-13-25-15-9-11-16(12-10-15)26(22,23)21-14-19(2,24-3)17-7-5-6-8-18(17)20/h5-12,21H,4,13-14H2,1-3H3. The van der Waals surface area contributed by atoms with E-state index in [0.717, 1.165) is 6.42 Å². The van der Waals surface area contributed by atoms with Gasteiger partial charge in [0.15, 0.2) is 0 Å². The van der Waals surface area contributed by atoms with Crippen LogP contribution >= 0.6 is 0 Å². The van der Waals surface area contributed by atoms with Crippen molar-refractivity contribution in [1.29, 1.82) is 0 Å². The number of nitrogens with one attached hydrogen (secondary N) is 1. The van der Waals surface area contributed by atoms with Crippen molar-refractivity contribution in [2.24, 2.45) is 0 Å². The summed E-state index contributed by atoms with van der Waals surface area (Å²) in [5.41, 5.74) is -0.851. The smallest absolute Gasteiger partial charge is 0.240 e. The van der Waals surface area contributed by atoms with E-state index in [1.807, 2.05) is 6.92 Å². The third-order valence-electron chi connectivity index (χ3n) is 4.10. The number of rotatable bonds is 9. The Hall–Kier alpha value is -1.96. The minimum atomic E-state index is -3.77. The zero-order valence-electron chi connectivity index (χ0n) is 15.2. The van der Waals surface area contributed by atoms with Crippen molar-refractivity contribution in [1.82, 2.24) is 4.72 Å². The van der Waals surface area contributed by atoms with E-state index in [1.165, 1.54) is 25.3 Å². The van der Waals surface area contributed by atoms with E-state index < -0.39 is 21.4 Å². The predicted molar refractivity (Wildman–Crippen MR) is 98.2 cm³/mol. The second-order valence-electron chi connectivity index (χ2n) is 6.06. The molecule has 1 unspecified atom stereocenters. The van der Waals surface area contributed by atoms with E-state index in [1.54, 1.807) is 37.3 Å². The first kappa shape index (κ1) is 20.4. The van der Waals surface area contributed by atoms with Gasteiger partial charge in [-0.25, -0.2) is 17.5 Å². The van der Waals surface area contributed by atoms with E-state index in [0.29, 0.717) is 12.4 Å². The van der Waals surface area contributed by atoms with Crippen LogP contribution in [0.1, 0.15) is 25.8 Å². The molecule has 0 bridgehead atoms. The third-order valence-corrected chi connectivity index (χ3v) is 5.52. The lowest BCUT2D eigenvalue weighted by Gasteiger charge is -2.29. The number of halogens is 1. The normalized spacial score (nSPS) is 14.0. The van der Waals surface area contributed by atoms with Crippen molar-refractivity contribution in [3.8, 4) is 5.75 Å². The summed E-state index contributed by atoms with van der Waals surface area (Å²) in [4.78, 5) is 0.105. The van der Waals surface area contributed by atoms with Crippen LogP contribution in [0.25, 0.3) is 0 Å². The van der Waals surface area contributed by atoms with Gasteiger partial charge in [-0.3, -0.25) is 0 Å². The maximum Gasteiger partial charge on any atom is 0.240 e. The Labute approximate surface area is 154 Å². The molecule has 1 atom stereocenters. The molecule has 26 heavy (non-hydrogen) atoms. The molecule has 0 aliphatic heterocycles. The molecule has 0 amide bonds. The summed E-state index contributed by atoms with van der Waals surface area (Å²) in [7, 11) is -2.35. The molecule has 0 spiro atoms. The molecule has 0 saturated carbocycles. The lowest BCUT2D eigenvalue weighted by atomic mass is 9.95. The summed E-state index contributed by atoms with van der Waals surface area (Å²) in [6.07, 6.45) is 0.868. The summed E-state index contributed by atoms with van der Waals surface area (Å²) in [5, 5.41) is 0. The fourth-order valence-electron chi connectivity index (χ4n) is 2.42. The molecule has 0 radical (unpaired) electrons. The molecule has 0 aromatic heterocycles. The fourth-order valence-corrected chi connectivity index (χ4v) is 3.54. The minimum Gasteiger partial charge on any atom is -0.494 e. The van der Waals surface area contributed by atoms with Crippen molar-refractivity contribution in [3.63, 3.8) is 0 Å². The summed E-state index contributed by atoms with van der Waals surface area (Å²) >= 11 is 0. The van der Waals surface area contributed by atoms with Crippen LogP contribution in [0.4, 0.5) is 4.39 Å². The van der Waals surface area contributed by atoms with Gasteiger partial charge in [0.2, 0.25) is 10.0 Å². The van der Waals surface area contributed by atoms with Gasteiger partial charge in [-0.2, -0.15) is 0 Å². The van der Waals surface area contributed by atoms with Gasteiger partial charge in [0.05, 0.1) is 11.5 Å². The molecule has 2 aromatic rings. The predicted octanol–water partition coefficient (Wildman–Crippen LogP) is 3.45. The highest BCUT2D eigenvalue weighted by atomic mass is 32.2. The monoisotopic (exact) mass is 381 g/mol. The van der Waals surface area contributed by atoms with Crippen LogP contribution < -0.4 is 9.46 Å². The van der Waals surface area contributed by atoms with E-state index in [9.17, 15) is 12.8 Å². The second kappa shape index (κ2) is 8.62. The molecule has 0 fully saturated rings. The molecule has 5 nitrogen and oxygen atoms in total. The maximum atomic E-state index is 14.1. The zero-order chi connectivity index (χ0) is 19.2. The number of ether oxygens (including phenoxy) is 2. The van der Waals surface area contributed by atoms with Gasteiger partial charge in [0.25, 0.3) is 0 Å². The molecule has 0 saturated heterocycles. The molecule has 0 aliphatic carbocycles. The van der Waals surface area contributed by atoms with Crippen LogP contribution in [0.5, 0.6) is 5.75 Å². The van der Waals surface area contributed by atoms with Crippen LogP contribution in [0, 0.1) is 5.82 Å². The molecular formula is C19H24FNO4S. The van der Waals surface area contributed by atoms with Gasteiger partial charge in [-0.15, -0.1) is 0 Å². The van der Waals surface area contributed by atoms with E-state index in [2.05, 4.69) is 4.72 Å². The molecular weight excluding hydrogens is 357 g/mol. The zero-order valence-corrected chi connectivity index (χ0v) is 16.0. The number of hydrogen-bond acceptors (Lipinski definition) is 4. The molecule has 0 heterocycles. The molecule has 1 N–H and O–H groups in total. The molecule has 2 aromatic carbocycles. The van der Waals surface area contributed by atoms with E-state index in [-0.39, 0.29) is 17.0 Å². The fraction of sp³-hybridized carbons (Fsp3) is 0.368. The largest absolute Gasteiger partial charge is 0.494 e. The number of methoxy groups -OCH3 is 1. The van der Waals surface area contributed by atoms with Crippen molar-refractivity contribution in [2.75, 3.05) is 20.3 Å². The van der Waals surface area contributed by atoms with Crippen molar-refractivity contribution < 1.29 is 22.3 Å². The average molecular weight is 381 g/mol. The topological polar surface area (TPSA) is 64.6 Å². The quantitative estimate of drug-likeness (QED) is 0.723. The third kappa shape index (κ3) is 4.81. The van der Waals surface area contributed by atoms with Crippen LogP contribution in [-0.4, -0.2) is 28.7 Å². The first-order chi connectivity index (χ1) is 12.3. The van der Waals surface area contributed by atoms with Crippen molar-refractivity contribution in [2.45, 2.75) is 30.8 Å². The Morgan fingerprint density at radius 2 is 1.77 bits per heavy atom. The Kier molecular flexibility index (Phi) is 6.75. The lowest BCUT2D eigenvalue weighted by molar-refractivity contribution is 0.00410. The van der Waals surface area contributed by atoms with Gasteiger partial charge in [0.1, 0.15) is 17.2 Å². The highest BCUT2D eigenvalue weighted by Crippen LogP contribution is 2.27. The van der Waals surface area contributed by atoms with E-state index >= 15 is 0 Å². The lowest BCUT2D eigenvalue weighted by Crippen LogP contribution is -2.40. The van der Waals surface area contributed by atoms with Gasteiger partial charge >= 0.3 is 0 Å². The highest BCUT2D eigenvalue weighted by Gasteiger charge is 2.31. The Balaban J connectivity index is 2.14. The Morgan fingerprint density at radius 3 is 2.35 bits per heavy atom. The Bertz CT molecular complexity index is 824. The minimum absolute atomic E-state index is 0.105. The summed E-state index contributed by atoms with van der Waals surface area (Å²) in [5.74, 6) is 0.160. The maximum absolute atomic E-state index is 14.1. The summed E-state index contributed by atoms with van der Waals surface area (Å²) in [6, 6.07) is 12.3. The first-order valence-electron chi connectivity index (χ1n) is 8.35. The van der Waals surface area contributed by atoms with Gasteiger partial charge in [-0.05, 0) is 43.7 Å². The van der Waals surface area contributed by atoms with Crippen molar-refractivity contribution in [3.05, 3.63) is 59.9 Å². The molecule has 7 heteroatoms. The first-order valence-corrected chi connectivity index (χ1v) is 9.83. The number of sulfonamides is 1. The second-order valence-corrected chi connectivity index (χ2v) is 7.83. The van der Waals surface area contributed by atoms with Crippen LogP contribution in [0.3, 0.4) is 0 Å². The van der Waals surface area contributed by atoms with Crippen LogP contribution in [0.15, 0.2) is 53.4 Å². The van der Waals surface area contributed by atoms with Gasteiger partial charge < -0.3 is 9.47 Å². The van der Waals surface area contributed by atoms with Crippen molar-refractivity contribution >= 4 is 10.0 Å². The molecule has 2 rings (SSSR count). The summed E-state index contributed by atoms with van der Waals surface area (Å²) < 4.78 is 52.5. The van der Waals surface area contributed by atoms with E-state index in [4.69, 9.17) is 9.47 Å². The SMILES string of the molecule is CCCOc1ccc(S(=O)(=O)NCC(C)(OC)c2ccccc2F)cc1. The summed E-state index contributed by atoms with van der Waals surface area (Å²) in [6.45, 7) is 4.08.